The summed E-state index contributed by atoms with van der Waals surface area (Å²) in [5.74, 6) is 1.26. The highest BCUT2D eigenvalue weighted by Crippen LogP contribution is 2.24. The van der Waals surface area contributed by atoms with Crippen molar-refractivity contribution in [2.75, 3.05) is 43.1 Å². The summed E-state index contributed by atoms with van der Waals surface area (Å²) in [5.41, 5.74) is 1.38. The van der Waals surface area contributed by atoms with E-state index in [-0.39, 0.29) is 10.6 Å². The van der Waals surface area contributed by atoms with E-state index >= 15 is 0 Å². The van der Waals surface area contributed by atoms with Crippen LogP contribution in [0.15, 0.2) is 53.7 Å². The Labute approximate surface area is 173 Å². The van der Waals surface area contributed by atoms with Gasteiger partial charge in [0, 0.05) is 26.2 Å². The first kappa shape index (κ1) is 19.2. The first-order valence-electron chi connectivity index (χ1n) is 9.31. The lowest BCUT2D eigenvalue weighted by atomic mass is 10.2. The molecule has 0 saturated carbocycles. The highest BCUT2D eigenvalue weighted by Gasteiger charge is 2.22. The number of piperazine rings is 1. The van der Waals surface area contributed by atoms with Gasteiger partial charge in [-0.05, 0) is 5.56 Å². The maximum absolute atomic E-state index is 12.7. The van der Waals surface area contributed by atoms with Crippen molar-refractivity contribution in [2.45, 2.75) is 6.54 Å². The summed E-state index contributed by atoms with van der Waals surface area (Å²) in [6.07, 6.45) is 4.97. The summed E-state index contributed by atoms with van der Waals surface area (Å²) in [6, 6.07) is 9.71. The zero-order valence-corrected chi connectivity index (χ0v) is 16.8. The molecule has 8 nitrogen and oxygen atoms in total. The van der Waals surface area contributed by atoms with E-state index in [0.29, 0.717) is 31.2 Å². The van der Waals surface area contributed by atoms with Gasteiger partial charge in [0.05, 0.1) is 37.9 Å². The fourth-order valence-corrected chi connectivity index (χ4v) is 3.58. The summed E-state index contributed by atoms with van der Waals surface area (Å²) >= 11 is 6.42. The van der Waals surface area contributed by atoms with Gasteiger partial charge in [0.1, 0.15) is 5.02 Å². The molecule has 2 aromatic heterocycles. The summed E-state index contributed by atoms with van der Waals surface area (Å²) in [4.78, 5) is 25.5. The molecule has 0 atom stereocenters. The Morgan fingerprint density at radius 1 is 1.03 bits per heavy atom. The number of rotatable bonds is 5. The minimum absolute atomic E-state index is 0.200. The summed E-state index contributed by atoms with van der Waals surface area (Å²) < 4.78 is 6.54. The average Bonchev–Trinajstić information content (AvgIpc) is 2.78. The molecule has 0 spiro atoms. The number of anilines is 2. The topological polar surface area (TPSA) is 76.4 Å². The van der Waals surface area contributed by atoms with Crippen molar-refractivity contribution in [3.05, 3.63) is 69.9 Å². The molecule has 3 heterocycles. The van der Waals surface area contributed by atoms with Crippen LogP contribution >= 0.6 is 11.6 Å². The number of halogens is 1. The molecule has 1 aliphatic heterocycles. The Bertz CT molecular complexity index is 1030. The predicted octanol–water partition coefficient (Wildman–Crippen LogP) is 2.07. The number of benzene rings is 1. The fourth-order valence-electron chi connectivity index (χ4n) is 3.31. The van der Waals surface area contributed by atoms with Crippen molar-refractivity contribution in [3.8, 4) is 5.88 Å². The highest BCUT2D eigenvalue weighted by atomic mass is 35.5. The number of hydrogen-bond acceptors (Lipinski definition) is 7. The zero-order valence-electron chi connectivity index (χ0n) is 16.0. The number of methoxy groups -OCH3 is 1. The van der Waals surface area contributed by atoms with Crippen molar-refractivity contribution in [3.63, 3.8) is 0 Å². The smallest absolute Gasteiger partial charge is 0.287 e. The minimum Gasteiger partial charge on any atom is -0.480 e. The molecule has 150 valence electrons. The molecular weight excluding hydrogens is 392 g/mol. The quantitative estimate of drug-likeness (QED) is 0.634. The first-order valence-corrected chi connectivity index (χ1v) is 9.69. The SMILES string of the molecule is COc1cncc(N2CCN(c3cnn(Cc4ccccc4)c(=O)c3Cl)CC2)n1. The summed E-state index contributed by atoms with van der Waals surface area (Å²) in [5, 5.41) is 4.53. The van der Waals surface area contributed by atoms with Gasteiger partial charge in [-0.1, -0.05) is 41.9 Å². The molecule has 0 unspecified atom stereocenters. The number of hydrogen-bond donors (Lipinski definition) is 0. The van der Waals surface area contributed by atoms with Crippen LogP contribution in [0, 0.1) is 0 Å². The van der Waals surface area contributed by atoms with Crippen molar-refractivity contribution in [1.29, 1.82) is 0 Å². The number of nitrogens with zero attached hydrogens (tertiary/aromatic N) is 6. The summed E-state index contributed by atoms with van der Waals surface area (Å²) in [6.45, 7) is 3.24. The van der Waals surface area contributed by atoms with Crippen molar-refractivity contribution in [1.82, 2.24) is 19.7 Å². The Balaban J connectivity index is 1.47. The molecule has 0 bridgehead atoms. The standard InChI is InChI=1S/C20H21ClN6O2/c1-29-18-13-22-12-17(24-18)26-9-7-25(8-10-26)16-11-23-27(20(28)19(16)21)14-15-5-3-2-4-6-15/h2-6,11-13H,7-10,14H2,1H3. The van der Waals surface area contributed by atoms with Crippen molar-refractivity contribution in [2.24, 2.45) is 0 Å². The van der Waals surface area contributed by atoms with Gasteiger partial charge >= 0.3 is 0 Å². The molecule has 1 aromatic carbocycles. The van der Waals surface area contributed by atoms with E-state index in [1.54, 1.807) is 25.7 Å². The molecule has 29 heavy (non-hydrogen) atoms. The van der Waals surface area contributed by atoms with E-state index in [0.717, 1.165) is 24.5 Å². The van der Waals surface area contributed by atoms with Gasteiger partial charge in [0.25, 0.3) is 5.56 Å². The third-order valence-corrected chi connectivity index (χ3v) is 5.25. The van der Waals surface area contributed by atoms with Gasteiger partial charge in [-0.15, -0.1) is 0 Å². The Kier molecular flexibility index (Phi) is 5.62. The van der Waals surface area contributed by atoms with Crippen LogP contribution in [0.25, 0.3) is 0 Å². The van der Waals surface area contributed by atoms with Crippen LogP contribution in [0.3, 0.4) is 0 Å². The molecule has 0 amide bonds. The molecule has 0 aliphatic carbocycles. The Morgan fingerprint density at radius 3 is 2.48 bits per heavy atom. The largest absolute Gasteiger partial charge is 0.480 e. The van der Waals surface area contributed by atoms with Gasteiger partial charge < -0.3 is 14.5 Å². The van der Waals surface area contributed by atoms with Gasteiger partial charge in [0.15, 0.2) is 5.82 Å². The zero-order chi connectivity index (χ0) is 20.2. The van der Waals surface area contributed by atoms with E-state index in [9.17, 15) is 4.79 Å². The minimum atomic E-state index is -0.283. The molecule has 9 heteroatoms. The first-order chi connectivity index (χ1) is 14.2. The molecule has 1 saturated heterocycles. The average molecular weight is 413 g/mol. The van der Waals surface area contributed by atoms with Crippen LogP contribution in [-0.4, -0.2) is 53.0 Å². The second-order valence-electron chi connectivity index (χ2n) is 6.69. The lowest BCUT2D eigenvalue weighted by Crippen LogP contribution is -2.47. The number of aromatic nitrogens is 4. The van der Waals surface area contributed by atoms with E-state index in [2.05, 4.69) is 24.9 Å². The lowest BCUT2D eigenvalue weighted by Gasteiger charge is -2.36. The summed E-state index contributed by atoms with van der Waals surface area (Å²) in [7, 11) is 1.57. The lowest BCUT2D eigenvalue weighted by molar-refractivity contribution is 0.395. The third-order valence-electron chi connectivity index (χ3n) is 4.89. The highest BCUT2D eigenvalue weighted by molar-refractivity contribution is 6.33. The van der Waals surface area contributed by atoms with Crippen molar-refractivity contribution < 1.29 is 4.74 Å². The molecule has 0 N–H and O–H groups in total. The molecule has 0 radical (unpaired) electrons. The van der Waals surface area contributed by atoms with E-state index < -0.39 is 0 Å². The van der Waals surface area contributed by atoms with Crippen LogP contribution in [-0.2, 0) is 6.54 Å². The molecule has 1 fully saturated rings. The van der Waals surface area contributed by atoms with Crippen LogP contribution in [0.2, 0.25) is 5.02 Å². The van der Waals surface area contributed by atoms with Crippen LogP contribution in [0.5, 0.6) is 5.88 Å². The van der Waals surface area contributed by atoms with Crippen molar-refractivity contribution >= 4 is 23.1 Å². The Hall–Kier alpha value is -3.13. The van der Waals surface area contributed by atoms with Gasteiger partial charge in [0.2, 0.25) is 5.88 Å². The molecule has 4 rings (SSSR count). The van der Waals surface area contributed by atoms with E-state index in [4.69, 9.17) is 16.3 Å². The second-order valence-corrected chi connectivity index (χ2v) is 7.06. The van der Waals surface area contributed by atoms with Crippen LogP contribution in [0.4, 0.5) is 11.5 Å². The van der Waals surface area contributed by atoms with E-state index in [1.807, 2.05) is 30.3 Å². The van der Waals surface area contributed by atoms with Crippen LogP contribution < -0.4 is 20.1 Å². The maximum atomic E-state index is 12.7. The molecule has 1 aliphatic rings. The monoisotopic (exact) mass is 412 g/mol. The Morgan fingerprint density at radius 2 is 1.76 bits per heavy atom. The predicted molar refractivity (Wildman–Crippen MR) is 112 cm³/mol. The molecule has 3 aromatic rings. The van der Waals surface area contributed by atoms with Crippen LogP contribution in [0.1, 0.15) is 5.56 Å². The fraction of sp³-hybridized carbons (Fsp3) is 0.300. The van der Waals surface area contributed by atoms with Gasteiger partial charge in [-0.3, -0.25) is 9.78 Å². The maximum Gasteiger partial charge on any atom is 0.287 e. The normalized spacial score (nSPS) is 14.1. The third kappa shape index (κ3) is 4.17. The second kappa shape index (κ2) is 8.48. The van der Waals surface area contributed by atoms with E-state index in [1.165, 1.54) is 4.68 Å². The number of ether oxygens (including phenoxy) is 1. The van der Waals surface area contributed by atoms with Gasteiger partial charge in [-0.2, -0.15) is 10.1 Å². The molecular formula is C20H21ClN6O2. The van der Waals surface area contributed by atoms with Gasteiger partial charge in [-0.25, -0.2) is 4.68 Å².